The van der Waals surface area contributed by atoms with Gasteiger partial charge in [0, 0.05) is 60.9 Å². The molecule has 0 spiro atoms. The van der Waals surface area contributed by atoms with Gasteiger partial charge in [-0.1, -0.05) is 112 Å². The van der Waals surface area contributed by atoms with Gasteiger partial charge in [-0.2, -0.15) is 5.10 Å². The molecule has 2 amide bonds. The molecule has 4 heterocycles. The Morgan fingerprint density at radius 1 is 0.703 bits per heavy atom. The van der Waals surface area contributed by atoms with E-state index in [1.807, 2.05) is 12.1 Å². The fourth-order valence-electron chi connectivity index (χ4n) is 12.1. The number of piperazine rings is 1. The Labute approximate surface area is 431 Å². The number of halogens is 2. The van der Waals surface area contributed by atoms with Crippen molar-refractivity contribution in [1.82, 2.24) is 19.7 Å². The summed E-state index contributed by atoms with van der Waals surface area (Å²) in [6.07, 6.45) is 3.45. The predicted molar refractivity (Wildman–Crippen MR) is 288 cm³/mol. The summed E-state index contributed by atoms with van der Waals surface area (Å²) in [5, 5.41) is 8.97. The quantitative estimate of drug-likeness (QED) is 0.106. The fraction of sp³-hybridized carbons (Fsp3) is 0.328. The van der Waals surface area contributed by atoms with Gasteiger partial charge in [0.25, 0.3) is 0 Å². The number of fused-ring (bicyclic) bond motifs is 2. The summed E-state index contributed by atoms with van der Waals surface area (Å²) in [5.74, 6) is -0.760. The molecule has 3 saturated heterocycles. The molecular weight excluding hydrogens is 933 g/mol. The lowest BCUT2D eigenvalue weighted by atomic mass is 9.68. The van der Waals surface area contributed by atoms with Crippen molar-refractivity contribution in [2.75, 3.05) is 54.1 Å². The van der Waals surface area contributed by atoms with Crippen LogP contribution < -0.4 is 19.4 Å². The van der Waals surface area contributed by atoms with E-state index in [-0.39, 0.29) is 48.9 Å². The van der Waals surface area contributed by atoms with Crippen LogP contribution in [0, 0.1) is 17.0 Å². The van der Waals surface area contributed by atoms with Gasteiger partial charge in [0.15, 0.2) is 6.29 Å². The largest absolute Gasteiger partial charge is 0.488 e. The van der Waals surface area contributed by atoms with Crippen molar-refractivity contribution in [3.63, 3.8) is 0 Å². The van der Waals surface area contributed by atoms with E-state index in [1.54, 1.807) is 0 Å². The van der Waals surface area contributed by atoms with Crippen LogP contribution in [-0.4, -0.2) is 89.0 Å². The van der Waals surface area contributed by atoms with E-state index >= 15 is 9.18 Å². The SMILES string of the molecule is CC(C)N1C(=O)N(c2ccc(N3CCN(c4ccc(OC[C@H]5OC[C@](Cn6cncn6)(c6ccc(F)cc6F)O5)cc4)CC3)cc2)C(Cc2ccc3ccccc3c2)(Cc2ccc3ccccc3c2)[C@@H]1C(C)(C)C. The minimum atomic E-state index is -1.25. The van der Waals surface area contributed by atoms with Crippen molar-refractivity contribution in [1.29, 1.82) is 0 Å². The summed E-state index contributed by atoms with van der Waals surface area (Å²) in [5.41, 5.74) is 3.53. The lowest BCUT2D eigenvalue weighted by Gasteiger charge is -2.48. The molecule has 380 valence electrons. The van der Waals surface area contributed by atoms with E-state index in [0.717, 1.165) is 49.3 Å². The molecule has 74 heavy (non-hydrogen) atoms. The summed E-state index contributed by atoms with van der Waals surface area (Å²) in [6.45, 7) is 14.7. The average Bonchev–Trinajstić information content (AvgIpc) is 4.15. The maximum atomic E-state index is 15.4. The molecule has 3 aliphatic heterocycles. The Kier molecular flexibility index (Phi) is 13.1. The predicted octanol–water partition coefficient (Wildman–Crippen LogP) is 11.8. The Hall–Kier alpha value is -7.35. The third-order valence-corrected chi connectivity index (χ3v) is 15.2. The molecule has 0 radical (unpaired) electrons. The molecule has 1 aromatic heterocycles. The molecule has 3 atom stereocenters. The molecule has 11 nitrogen and oxygen atoms in total. The first-order chi connectivity index (χ1) is 35.7. The number of hydrogen-bond donors (Lipinski definition) is 0. The zero-order chi connectivity index (χ0) is 51.2. The molecule has 3 fully saturated rings. The Balaban J connectivity index is 0.801. The van der Waals surface area contributed by atoms with Crippen molar-refractivity contribution < 1.29 is 27.8 Å². The van der Waals surface area contributed by atoms with Crippen LogP contribution in [0.4, 0.5) is 30.6 Å². The van der Waals surface area contributed by atoms with Gasteiger partial charge in [-0.05, 0) is 119 Å². The summed E-state index contributed by atoms with van der Waals surface area (Å²) in [7, 11) is 0. The van der Waals surface area contributed by atoms with Crippen LogP contribution in [0.2, 0.25) is 0 Å². The lowest BCUT2D eigenvalue weighted by Crippen LogP contribution is -2.60. The number of carbonyl (C=O) groups excluding carboxylic acids is 1. The molecule has 0 saturated carbocycles. The standard InChI is InChI=1S/C61H63F2N7O4/c1-42(2)69-57(59(3,4)5)60(35-43-14-16-45-10-6-8-12-47(45)32-43,36-44-15-17-46-11-7-9-13-48(46)33-44)70(58(69)71)52-21-19-50(20-22-52)66-28-30-67(31-29-66)51-23-25-53(26-24-51)72-37-56-73-39-61(74-56,38-68-41-64-40-65-68)54-27-18-49(62)34-55(54)63/h6-27,32-34,40-42,56-57H,28-31,35-39H2,1-5H3/t56-,57-,61+/m0/s1. The molecule has 3 aliphatic rings. The number of ether oxygens (including phenoxy) is 3. The zero-order valence-corrected chi connectivity index (χ0v) is 42.7. The molecular formula is C61H63F2N7O4. The van der Waals surface area contributed by atoms with Gasteiger partial charge in [-0.25, -0.2) is 23.2 Å². The van der Waals surface area contributed by atoms with Crippen LogP contribution >= 0.6 is 0 Å². The molecule has 0 bridgehead atoms. The van der Waals surface area contributed by atoms with Gasteiger partial charge in [-0.15, -0.1) is 0 Å². The number of aromatic nitrogens is 3. The average molecular weight is 996 g/mol. The zero-order valence-electron chi connectivity index (χ0n) is 42.7. The van der Waals surface area contributed by atoms with Crippen molar-refractivity contribution >= 4 is 44.6 Å². The Bertz CT molecular complexity index is 3180. The minimum absolute atomic E-state index is 0.0195. The molecule has 7 aromatic carbocycles. The second-order valence-electron chi connectivity index (χ2n) is 21.6. The second-order valence-corrected chi connectivity index (χ2v) is 21.6. The van der Waals surface area contributed by atoms with Crippen LogP contribution in [0.3, 0.4) is 0 Å². The summed E-state index contributed by atoms with van der Waals surface area (Å²) < 4.78 is 49.0. The first kappa shape index (κ1) is 48.9. The number of amides is 2. The normalized spacial score (nSPS) is 20.1. The number of rotatable bonds is 14. The van der Waals surface area contributed by atoms with Gasteiger partial charge in [0.1, 0.15) is 42.2 Å². The van der Waals surface area contributed by atoms with Gasteiger partial charge >= 0.3 is 6.03 Å². The van der Waals surface area contributed by atoms with E-state index in [1.165, 1.54) is 62.1 Å². The minimum Gasteiger partial charge on any atom is -0.488 e. The third-order valence-electron chi connectivity index (χ3n) is 15.2. The van der Waals surface area contributed by atoms with Crippen LogP contribution in [0.1, 0.15) is 51.3 Å². The summed E-state index contributed by atoms with van der Waals surface area (Å²) >= 11 is 0. The highest BCUT2D eigenvalue weighted by Crippen LogP contribution is 2.50. The van der Waals surface area contributed by atoms with E-state index in [9.17, 15) is 4.39 Å². The summed E-state index contributed by atoms with van der Waals surface area (Å²) in [4.78, 5) is 28.6. The van der Waals surface area contributed by atoms with Crippen molar-refractivity contribution in [3.8, 4) is 5.75 Å². The van der Waals surface area contributed by atoms with Gasteiger partial charge in [0.2, 0.25) is 0 Å². The molecule has 11 rings (SSSR count). The van der Waals surface area contributed by atoms with Crippen LogP contribution in [0.5, 0.6) is 5.75 Å². The van der Waals surface area contributed by atoms with E-state index in [4.69, 9.17) is 14.2 Å². The highest BCUT2D eigenvalue weighted by atomic mass is 19.1. The smallest absolute Gasteiger partial charge is 0.325 e. The van der Waals surface area contributed by atoms with Crippen LogP contribution in [-0.2, 0) is 34.5 Å². The second kappa shape index (κ2) is 19.8. The van der Waals surface area contributed by atoms with Crippen LogP contribution in [0.15, 0.2) is 164 Å². The van der Waals surface area contributed by atoms with E-state index in [2.05, 4.69) is 186 Å². The summed E-state index contributed by atoms with van der Waals surface area (Å²) in [6, 6.07) is 50.7. The highest BCUT2D eigenvalue weighted by molar-refractivity contribution is 5.98. The first-order valence-electron chi connectivity index (χ1n) is 25.7. The van der Waals surface area contributed by atoms with Gasteiger partial charge in [-0.3, -0.25) is 4.90 Å². The number of anilines is 3. The van der Waals surface area contributed by atoms with Crippen molar-refractivity contribution in [2.24, 2.45) is 5.41 Å². The van der Waals surface area contributed by atoms with Crippen molar-refractivity contribution in [2.45, 2.75) is 83.5 Å². The van der Waals surface area contributed by atoms with Crippen LogP contribution in [0.25, 0.3) is 21.5 Å². The first-order valence-corrected chi connectivity index (χ1v) is 25.7. The molecule has 0 aliphatic carbocycles. The maximum Gasteiger partial charge on any atom is 0.325 e. The topological polar surface area (TPSA) is 88.4 Å². The molecule has 8 aromatic rings. The monoisotopic (exact) mass is 995 g/mol. The number of carbonyl (C=O) groups is 1. The van der Waals surface area contributed by atoms with Crippen molar-refractivity contribution in [3.05, 3.63) is 193 Å². The maximum absolute atomic E-state index is 15.4. The van der Waals surface area contributed by atoms with Gasteiger partial charge in [0.05, 0.1) is 24.7 Å². The third kappa shape index (κ3) is 9.55. The number of hydrogen-bond acceptors (Lipinski definition) is 8. The molecule has 0 N–H and O–H groups in total. The molecule has 0 unspecified atom stereocenters. The number of benzene rings is 7. The van der Waals surface area contributed by atoms with Gasteiger partial charge < -0.3 is 28.9 Å². The number of urea groups is 1. The Morgan fingerprint density at radius 2 is 1.27 bits per heavy atom. The lowest BCUT2D eigenvalue weighted by molar-refractivity contribution is -0.117. The Morgan fingerprint density at radius 3 is 1.81 bits per heavy atom. The van der Waals surface area contributed by atoms with E-state index < -0.39 is 29.1 Å². The molecule has 13 heteroatoms. The fourth-order valence-corrected chi connectivity index (χ4v) is 12.1. The highest BCUT2D eigenvalue weighted by Gasteiger charge is 2.61. The van der Waals surface area contributed by atoms with E-state index in [0.29, 0.717) is 18.6 Å². The number of nitrogens with zero attached hydrogens (tertiary/aromatic N) is 7.